The number of hydrogen-bond donors (Lipinski definition) is 1. The lowest BCUT2D eigenvalue weighted by Crippen LogP contribution is -2.42. The molecule has 1 aromatic carbocycles. The second kappa shape index (κ2) is 7.55. The maximum Gasteiger partial charge on any atom is 0.160 e. The molecule has 1 N–H and O–H groups in total. The smallest absolute Gasteiger partial charge is 0.160 e. The van der Waals surface area contributed by atoms with Crippen molar-refractivity contribution in [3.63, 3.8) is 0 Å². The van der Waals surface area contributed by atoms with Crippen LogP contribution in [0.4, 0.5) is 0 Å². The Bertz CT molecular complexity index is 399. The minimum Gasteiger partial charge on any atom is -0.381 e. The van der Waals surface area contributed by atoms with Crippen molar-refractivity contribution >= 4 is 15.9 Å². The molecule has 0 aromatic heterocycles. The SMILES string of the molecule is CCOC(O)C1(CCc2ccc(Br)cc2)CCOCC1. The molecule has 20 heavy (non-hydrogen) atoms. The largest absolute Gasteiger partial charge is 0.381 e. The van der Waals surface area contributed by atoms with Gasteiger partial charge in [0, 0.05) is 29.7 Å². The summed E-state index contributed by atoms with van der Waals surface area (Å²) in [6.45, 7) is 3.89. The van der Waals surface area contributed by atoms with E-state index in [1.807, 2.05) is 6.92 Å². The van der Waals surface area contributed by atoms with Gasteiger partial charge in [-0.1, -0.05) is 28.1 Å². The Hall–Kier alpha value is -0.420. The fraction of sp³-hybridized carbons (Fsp3) is 0.625. The van der Waals surface area contributed by atoms with Crippen LogP contribution in [0, 0.1) is 5.41 Å². The van der Waals surface area contributed by atoms with E-state index in [0.717, 1.165) is 30.2 Å². The van der Waals surface area contributed by atoms with E-state index in [-0.39, 0.29) is 5.41 Å². The Morgan fingerprint density at radius 1 is 1.30 bits per heavy atom. The molecular weight excluding hydrogens is 320 g/mol. The predicted octanol–water partition coefficient (Wildman–Crippen LogP) is 3.53. The summed E-state index contributed by atoms with van der Waals surface area (Å²) in [6.07, 6.45) is 2.93. The molecule has 1 atom stereocenters. The van der Waals surface area contributed by atoms with Crippen molar-refractivity contribution < 1.29 is 14.6 Å². The number of hydrogen-bond acceptors (Lipinski definition) is 3. The summed E-state index contributed by atoms with van der Waals surface area (Å²) in [5.41, 5.74) is 1.13. The van der Waals surface area contributed by atoms with Crippen LogP contribution in [0.2, 0.25) is 0 Å². The van der Waals surface area contributed by atoms with Crippen LogP contribution in [0.3, 0.4) is 0 Å². The summed E-state index contributed by atoms with van der Waals surface area (Å²) in [5, 5.41) is 10.4. The molecule has 1 saturated heterocycles. The zero-order valence-corrected chi connectivity index (χ0v) is 13.6. The normalized spacial score (nSPS) is 19.8. The van der Waals surface area contributed by atoms with Gasteiger partial charge in [-0.25, -0.2) is 0 Å². The van der Waals surface area contributed by atoms with Crippen molar-refractivity contribution in [2.24, 2.45) is 5.41 Å². The molecule has 1 aliphatic heterocycles. The van der Waals surface area contributed by atoms with Gasteiger partial charge in [0.1, 0.15) is 0 Å². The Balaban J connectivity index is 2.01. The maximum atomic E-state index is 10.4. The quantitative estimate of drug-likeness (QED) is 0.803. The van der Waals surface area contributed by atoms with Crippen molar-refractivity contribution in [3.8, 4) is 0 Å². The Kier molecular flexibility index (Phi) is 6.02. The minimum absolute atomic E-state index is 0.165. The maximum absolute atomic E-state index is 10.4. The van der Waals surface area contributed by atoms with Gasteiger partial charge >= 0.3 is 0 Å². The van der Waals surface area contributed by atoms with Crippen LogP contribution >= 0.6 is 15.9 Å². The molecule has 2 rings (SSSR count). The lowest BCUT2D eigenvalue weighted by Gasteiger charge is -2.40. The molecule has 0 saturated carbocycles. The number of aliphatic hydroxyl groups excluding tert-OH is 1. The molecule has 0 amide bonds. The summed E-state index contributed by atoms with van der Waals surface area (Å²) < 4.78 is 12.0. The Labute approximate surface area is 129 Å². The van der Waals surface area contributed by atoms with Gasteiger partial charge in [0.2, 0.25) is 0 Å². The summed E-state index contributed by atoms with van der Waals surface area (Å²) in [5.74, 6) is 0. The zero-order chi connectivity index (χ0) is 14.4. The number of halogens is 1. The zero-order valence-electron chi connectivity index (χ0n) is 12.0. The molecule has 0 aliphatic carbocycles. The van der Waals surface area contributed by atoms with E-state index in [0.29, 0.717) is 19.8 Å². The van der Waals surface area contributed by atoms with Crippen LogP contribution in [0.25, 0.3) is 0 Å². The molecule has 1 unspecified atom stereocenters. The van der Waals surface area contributed by atoms with Gasteiger partial charge in [0.25, 0.3) is 0 Å². The third-order valence-electron chi connectivity index (χ3n) is 4.16. The van der Waals surface area contributed by atoms with Crippen molar-refractivity contribution in [2.75, 3.05) is 19.8 Å². The van der Waals surface area contributed by atoms with Crippen LogP contribution < -0.4 is 0 Å². The molecule has 112 valence electrons. The van der Waals surface area contributed by atoms with Crippen LogP contribution in [0.15, 0.2) is 28.7 Å². The fourth-order valence-corrected chi connectivity index (χ4v) is 3.04. The molecule has 1 heterocycles. The van der Waals surface area contributed by atoms with Crippen molar-refractivity contribution in [2.45, 2.75) is 38.9 Å². The lowest BCUT2D eigenvalue weighted by molar-refractivity contribution is -0.199. The lowest BCUT2D eigenvalue weighted by atomic mass is 9.75. The minimum atomic E-state index is -0.688. The second-order valence-corrected chi connectivity index (χ2v) is 6.32. The average molecular weight is 343 g/mol. The molecular formula is C16H23BrO3. The first-order valence-corrected chi connectivity index (χ1v) is 8.07. The first-order chi connectivity index (χ1) is 9.66. The Morgan fingerprint density at radius 2 is 1.95 bits per heavy atom. The van der Waals surface area contributed by atoms with Crippen LogP contribution in [-0.2, 0) is 15.9 Å². The molecule has 0 spiro atoms. The fourth-order valence-electron chi connectivity index (χ4n) is 2.78. The highest BCUT2D eigenvalue weighted by atomic mass is 79.9. The van der Waals surface area contributed by atoms with E-state index in [2.05, 4.69) is 40.2 Å². The standard InChI is InChI=1S/C16H23BrO3/c1-2-20-15(18)16(9-11-19-12-10-16)8-7-13-3-5-14(17)6-4-13/h3-6,15,18H,2,7-12H2,1H3. The summed E-state index contributed by atoms with van der Waals surface area (Å²) in [7, 11) is 0. The second-order valence-electron chi connectivity index (χ2n) is 5.41. The highest BCUT2D eigenvalue weighted by molar-refractivity contribution is 9.10. The first kappa shape index (κ1) is 16.0. The number of ether oxygens (including phenoxy) is 2. The third kappa shape index (κ3) is 4.04. The van der Waals surface area contributed by atoms with Gasteiger partial charge < -0.3 is 14.6 Å². The molecule has 0 bridgehead atoms. The number of benzene rings is 1. The van der Waals surface area contributed by atoms with Gasteiger partial charge in [-0.05, 0) is 50.3 Å². The van der Waals surface area contributed by atoms with Crippen LogP contribution in [0.5, 0.6) is 0 Å². The number of aliphatic hydroxyl groups is 1. The first-order valence-electron chi connectivity index (χ1n) is 7.28. The van der Waals surface area contributed by atoms with Gasteiger partial charge in [0.15, 0.2) is 6.29 Å². The molecule has 1 aliphatic rings. The monoisotopic (exact) mass is 342 g/mol. The van der Waals surface area contributed by atoms with E-state index in [1.54, 1.807) is 0 Å². The van der Waals surface area contributed by atoms with Crippen LogP contribution in [-0.4, -0.2) is 31.2 Å². The van der Waals surface area contributed by atoms with Gasteiger partial charge in [0.05, 0.1) is 0 Å². The number of rotatable bonds is 6. The van der Waals surface area contributed by atoms with E-state index in [9.17, 15) is 5.11 Å². The van der Waals surface area contributed by atoms with Crippen LogP contribution in [0.1, 0.15) is 31.7 Å². The molecule has 3 nitrogen and oxygen atoms in total. The molecule has 1 aromatic rings. The topological polar surface area (TPSA) is 38.7 Å². The van der Waals surface area contributed by atoms with Gasteiger partial charge in [-0.3, -0.25) is 0 Å². The van der Waals surface area contributed by atoms with Gasteiger partial charge in [-0.2, -0.15) is 0 Å². The van der Waals surface area contributed by atoms with Crippen molar-refractivity contribution in [3.05, 3.63) is 34.3 Å². The highest BCUT2D eigenvalue weighted by Crippen LogP contribution is 2.39. The molecule has 0 radical (unpaired) electrons. The summed E-state index contributed by atoms with van der Waals surface area (Å²) in [6, 6.07) is 8.38. The van der Waals surface area contributed by atoms with E-state index in [1.165, 1.54) is 5.56 Å². The number of aryl methyl sites for hydroxylation is 1. The summed E-state index contributed by atoms with van der Waals surface area (Å²) >= 11 is 3.45. The summed E-state index contributed by atoms with van der Waals surface area (Å²) in [4.78, 5) is 0. The van der Waals surface area contributed by atoms with Crippen molar-refractivity contribution in [1.82, 2.24) is 0 Å². The van der Waals surface area contributed by atoms with E-state index >= 15 is 0 Å². The van der Waals surface area contributed by atoms with E-state index in [4.69, 9.17) is 9.47 Å². The molecule has 1 fully saturated rings. The average Bonchev–Trinajstić information content (AvgIpc) is 2.48. The predicted molar refractivity (Wildman–Crippen MR) is 82.6 cm³/mol. The third-order valence-corrected chi connectivity index (χ3v) is 4.69. The van der Waals surface area contributed by atoms with Crippen molar-refractivity contribution in [1.29, 1.82) is 0 Å². The van der Waals surface area contributed by atoms with Gasteiger partial charge in [-0.15, -0.1) is 0 Å². The highest BCUT2D eigenvalue weighted by Gasteiger charge is 2.39. The Morgan fingerprint density at radius 3 is 2.55 bits per heavy atom. The molecule has 4 heteroatoms. The van der Waals surface area contributed by atoms with E-state index < -0.39 is 6.29 Å².